The maximum atomic E-state index is 12.6. The first-order chi connectivity index (χ1) is 17.4. The number of ether oxygens (including phenoxy) is 3. The monoisotopic (exact) mass is 487 g/mol. The Morgan fingerprint density at radius 3 is 2.42 bits per heavy atom. The van der Waals surface area contributed by atoms with E-state index in [9.17, 15) is 14.4 Å². The van der Waals surface area contributed by atoms with Crippen LogP contribution in [0.3, 0.4) is 0 Å². The van der Waals surface area contributed by atoms with E-state index in [0.717, 1.165) is 11.1 Å². The molecule has 8 nitrogen and oxygen atoms in total. The highest BCUT2D eigenvalue weighted by Gasteiger charge is 2.21. The summed E-state index contributed by atoms with van der Waals surface area (Å²) in [5.74, 6) is 0.222. The first kappa shape index (κ1) is 24.5. The number of benzene rings is 3. The number of methoxy groups -OCH3 is 1. The second kappa shape index (κ2) is 10.8. The molecule has 1 N–H and O–H groups in total. The molecule has 0 saturated heterocycles. The molecule has 1 heterocycles. The second-order valence-corrected chi connectivity index (χ2v) is 8.12. The Morgan fingerprint density at radius 2 is 1.72 bits per heavy atom. The lowest BCUT2D eigenvalue weighted by molar-refractivity contribution is -0.136. The molecule has 184 valence electrons. The molecule has 4 rings (SSSR count). The van der Waals surface area contributed by atoms with Crippen LogP contribution in [-0.4, -0.2) is 25.2 Å². The van der Waals surface area contributed by atoms with Crippen molar-refractivity contribution in [2.75, 3.05) is 7.11 Å². The fraction of sp³-hybridized carbons (Fsp3) is 0.179. The van der Waals surface area contributed by atoms with Crippen LogP contribution in [0, 0.1) is 6.92 Å². The Bertz CT molecular complexity index is 1440. The Hall–Kier alpha value is -4.59. The highest BCUT2D eigenvalue weighted by Crippen LogP contribution is 2.33. The summed E-state index contributed by atoms with van der Waals surface area (Å²) in [6, 6.07) is 20.3. The van der Waals surface area contributed by atoms with Gasteiger partial charge >= 0.3 is 17.7 Å². The van der Waals surface area contributed by atoms with Gasteiger partial charge in [0.25, 0.3) is 0 Å². The summed E-state index contributed by atoms with van der Waals surface area (Å²) in [5.41, 5.74) is 2.57. The lowest BCUT2D eigenvalue weighted by Crippen LogP contribution is -2.41. The van der Waals surface area contributed by atoms with Gasteiger partial charge in [0.1, 0.15) is 29.7 Å². The van der Waals surface area contributed by atoms with E-state index in [2.05, 4.69) is 5.32 Å². The number of nitrogens with one attached hydrogen (secondary N) is 1. The van der Waals surface area contributed by atoms with E-state index in [1.165, 1.54) is 13.0 Å². The minimum Gasteiger partial charge on any atom is -0.497 e. The molecule has 0 aliphatic rings. The van der Waals surface area contributed by atoms with E-state index >= 15 is 0 Å². The van der Waals surface area contributed by atoms with Crippen molar-refractivity contribution in [1.82, 2.24) is 5.32 Å². The fourth-order valence-corrected chi connectivity index (χ4v) is 3.66. The van der Waals surface area contributed by atoms with Crippen molar-refractivity contribution in [2.24, 2.45) is 0 Å². The number of carbonyl (C=O) groups excluding carboxylic acids is 2. The zero-order valence-corrected chi connectivity index (χ0v) is 20.1. The molecule has 3 aromatic carbocycles. The fourth-order valence-electron chi connectivity index (χ4n) is 3.66. The third kappa shape index (κ3) is 5.55. The predicted molar refractivity (Wildman–Crippen MR) is 134 cm³/mol. The average molecular weight is 488 g/mol. The maximum absolute atomic E-state index is 12.6. The molecule has 1 unspecified atom stereocenters. The third-order valence-corrected chi connectivity index (χ3v) is 5.62. The zero-order chi connectivity index (χ0) is 25.7. The molecule has 0 bridgehead atoms. The van der Waals surface area contributed by atoms with Crippen LogP contribution in [0.25, 0.3) is 22.1 Å². The molecule has 36 heavy (non-hydrogen) atoms. The number of hydrogen-bond acceptors (Lipinski definition) is 7. The largest absolute Gasteiger partial charge is 0.497 e. The van der Waals surface area contributed by atoms with Crippen LogP contribution in [0.5, 0.6) is 11.5 Å². The van der Waals surface area contributed by atoms with Crippen LogP contribution in [0.15, 0.2) is 82.0 Å². The lowest BCUT2D eigenvalue weighted by Gasteiger charge is -2.15. The first-order valence-corrected chi connectivity index (χ1v) is 11.3. The Kier molecular flexibility index (Phi) is 7.34. The van der Waals surface area contributed by atoms with Gasteiger partial charge in [-0.1, -0.05) is 42.5 Å². The van der Waals surface area contributed by atoms with Crippen LogP contribution >= 0.6 is 0 Å². The summed E-state index contributed by atoms with van der Waals surface area (Å²) in [6.07, 6.45) is -0.742. The normalized spacial score (nSPS) is 11.5. The van der Waals surface area contributed by atoms with Gasteiger partial charge in [-0.05, 0) is 54.8 Å². The van der Waals surface area contributed by atoms with Crippen molar-refractivity contribution in [3.8, 4) is 22.6 Å². The molecular formula is C28H25NO7. The smallest absolute Gasteiger partial charge is 0.408 e. The van der Waals surface area contributed by atoms with Crippen molar-refractivity contribution in [3.05, 3.63) is 94.3 Å². The molecular weight excluding hydrogens is 462 g/mol. The van der Waals surface area contributed by atoms with Gasteiger partial charge in [0, 0.05) is 17.0 Å². The van der Waals surface area contributed by atoms with Crippen LogP contribution in [0.4, 0.5) is 4.79 Å². The van der Waals surface area contributed by atoms with Gasteiger partial charge in [-0.2, -0.15) is 0 Å². The number of amides is 1. The summed E-state index contributed by atoms with van der Waals surface area (Å²) < 4.78 is 21.3. The van der Waals surface area contributed by atoms with Crippen molar-refractivity contribution >= 4 is 23.0 Å². The highest BCUT2D eigenvalue weighted by molar-refractivity contribution is 5.96. The van der Waals surface area contributed by atoms with Crippen LogP contribution in [0.1, 0.15) is 18.1 Å². The van der Waals surface area contributed by atoms with Gasteiger partial charge in [-0.3, -0.25) is 0 Å². The molecule has 0 radical (unpaired) electrons. The van der Waals surface area contributed by atoms with E-state index < -0.39 is 23.7 Å². The van der Waals surface area contributed by atoms with E-state index in [-0.39, 0.29) is 12.4 Å². The average Bonchev–Trinajstić information content (AvgIpc) is 2.89. The van der Waals surface area contributed by atoms with Crippen molar-refractivity contribution < 1.29 is 28.2 Å². The third-order valence-electron chi connectivity index (χ3n) is 5.62. The molecule has 1 atom stereocenters. The van der Waals surface area contributed by atoms with Crippen molar-refractivity contribution in [2.45, 2.75) is 26.5 Å². The molecule has 0 spiro atoms. The summed E-state index contributed by atoms with van der Waals surface area (Å²) in [6.45, 7) is 3.26. The predicted octanol–water partition coefficient (Wildman–Crippen LogP) is 5.00. The SMILES string of the molecule is COc1ccc(-c2cc(=O)oc3c(C)c(OC(=O)C(C)NC(=O)OCc4ccccc4)ccc23)cc1. The van der Waals surface area contributed by atoms with Gasteiger partial charge in [-0.25, -0.2) is 14.4 Å². The van der Waals surface area contributed by atoms with Gasteiger partial charge in [0.15, 0.2) is 0 Å². The molecule has 0 aliphatic carbocycles. The number of hydrogen-bond donors (Lipinski definition) is 1. The minimum atomic E-state index is -0.971. The number of aryl methyl sites for hydroxylation is 1. The Morgan fingerprint density at radius 1 is 1.00 bits per heavy atom. The quantitative estimate of drug-likeness (QED) is 0.222. The minimum absolute atomic E-state index is 0.0772. The zero-order valence-electron chi connectivity index (χ0n) is 20.1. The topological polar surface area (TPSA) is 104 Å². The molecule has 0 aliphatic heterocycles. The van der Waals surface area contributed by atoms with Gasteiger partial charge in [0.05, 0.1) is 7.11 Å². The standard InChI is InChI=1S/C28H25NO7/c1-17-24(35-27(31)18(2)29-28(32)34-16-19-7-5-4-6-8-19)14-13-22-23(15-25(30)36-26(17)22)20-9-11-21(33-3)12-10-20/h4-15,18H,16H2,1-3H3,(H,29,32). The Labute approximate surface area is 207 Å². The molecule has 1 aromatic heterocycles. The van der Waals surface area contributed by atoms with E-state index in [1.807, 2.05) is 42.5 Å². The second-order valence-electron chi connectivity index (χ2n) is 8.12. The van der Waals surface area contributed by atoms with Gasteiger partial charge < -0.3 is 23.9 Å². The number of alkyl carbamates (subject to hydrolysis) is 1. The van der Waals surface area contributed by atoms with Gasteiger partial charge in [0.2, 0.25) is 0 Å². The molecule has 0 saturated carbocycles. The molecule has 0 fully saturated rings. The number of carbonyl (C=O) groups is 2. The Balaban J connectivity index is 1.49. The van der Waals surface area contributed by atoms with Crippen LogP contribution in [0.2, 0.25) is 0 Å². The van der Waals surface area contributed by atoms with Crippen molar-refractivity contribution in [1.29, 1.82) is 0 Å². The first-order valence-electron chi connectivity index (χ1n) is 11.3. The number of fused-ring (bicyclic) bond motifs is 1. The lowest BCUT2D eigenvalue weighted by atomic mass is 10.00. The van der Waals surface area contributed by atoms with E-state index in [1.54, 1.807) is 38.3 Å². The molecule has 8 heteroatoms. The number of esters is 1. The molecule has 1 amide bonds. The van der Waals surface area contributed by atoms with Crippen LogP contribution < -0.4 is 20.4 Å². The van der Waals surface area contributed by atoms with Crippen molar-refractivity contribution in [3.63, 3.8) is 0 Å². The highest BCUT2D eigenvalue weighted by atomic mass is 16.6. The summed E-state index contributed by atoms with van der Waals surface area (Å²) in [7, 11) is 1.58. The summed E-state index contributed by atoms with van der Waals surface area (Å²) in [4.78, 5) is 37.0. The molecule has 4 aromatic rings. The maximum Gasteiger partial charge on any atom is 0.408 e. The van der Waals surface area contributed by atoms with Gasteiger partial charge in [-0.15, -0.1) is 0 Å². The van der Waals surface area contributed by atoms with E-state index in [0.29, 0.717) is 27.8 Å². The number of rotatable bonds is 7. The summed E-state index contributed by atoms with van der Waals surface area (Å²) in [5, 5.41) is 3.14. The van der Waals surface area contributed by atoms with E-state index in [4.69, 9.17) is 18.6 Å². The van der Waals surface area contributed by atoms with Crippen LogP contribution in [-0.2, 0) is 16.1 Å². The summed E-state index contributed by atoms with van der Waals surface area (Å²) >= 11 is 0.